The average Bonchev–Trinajstić information content (AvgIpc) is 2.57. The maximum atomic E-state index is 11.7. The molecule has 3 aromatic rings. The Kier molecular flexibility index (Phi) is 5.43. The molecule has 0 saturated heterocycles. The largest absolute Gasteiger partial charge is 0.423 e. The van der Waals surface area contributed by atoms with Gasteiger partial charge in [0.2, 0.25) is 10.0 Å². The number of primary sulfonamides is 1. The van der Waals surface area contributed by atoms with Crippen molar-refractivity contribution in [3.05, 3.63) is 75.1 Å². The van der Waals surface area contributed by atoms with Crippen LogP contribution in [-0.2, 0) is 23.0 Å². The minimum atomic E-state index is -3.67. The van der Waals surface area contributed by atoms with Gasteiger partial charge in [0, 0.05) is 29.1 Å². The summed E-state index contributed by atoms with van der Waals surface area (Å²) in [5.74, 6) is 0. The molecule has 0 saturated carbocycles. The molecule has 0 atom stereocenters. The number of nitrogens with one attached hydrogen (secondary N) is 1. The van der Waals surface area contributed by atoms with E-state index >= 15 is 0 Å². The van der Waals surface area contributed by atoms with Gasteiger partial charge in [-0.05, 0) is 48.4 Å². The molecule has 0 unspecified atom stereocenters. The Balaban J connectivity index is 1.64. The van der Waals surface area contributed by atoms with E-state index in [9.17, 15) is 13.2 Å². The Morgan fingerprint density at radius 2 is 1.81 bits per heavy atom. The topological polar surface area (TPSA) is 102 Å². The van der Waals surface area contributed by atoms with Gasteiger partial charge in [-0.2, -0.15) is 0 Å². The van der Waals surface area contributed by atoms with Crippen molar-refractivity contribution in [1.29, 1.82) is 0 Å². The molecule has 0 radical (unpaired) electrons. The summed E-state index contributed by atoms with van der Waals surface area (Å²) in [7, 11) is -3.67. The highest BCUT2D eigenvalue weighted by molar-refractivity contribution is 7.89. The highest BCUT2D eigenvalue weighted by atomic mass is 35.5. The number of rotatable bonds is 6. The van der Waals surface area contributed by atoms with Gasteiger partial charge in [-0.3, -0.25) is 0 Å². The van der Waals surface area contributed by atoms with E-state index in [-0.39, 0.29) is 4.90 Å². The highest BCUT2D eigenvalue weighted by Gasteiger charge is 2.08. The number of halogens is 1. The first kappa shape index (κ1) is 18.6. The van der Waals surface area contributed by atoms with Gasteiger partial charge in [0.25, 0.3) is 0 Å². The Morgan fingerprint density at radius 1 is 1.08 bits per heavy atom. The summed E-state index contributed by atoms with van der Waals surface area (Å²) in [6.45, 7) is 1.16. The number of hydrogen-bond acceptors (Lipinski definition) is 5. The maximum absolute atomic E-state index is 11.7. The molecule has 26 heavy (non-hydrogen) atoms. The fraction of sp³-hybridized carbons (Fsp3) is 0.167. The minimum absolute atomic E-state index is 0.0929. The standard InChI is InChI=1S/C18H17ClN2O4S/c19-14-3-6-16-13(9-18(22)25-17(16)10-14)11-21-8-7-12-1-4-15(5-2-12)26(20,23)24/h1-6,9-10,21H,7-8,11H2,(H2,20,23,24). The third kappa shape index (κ3) is 4.50. The summed E-state index contributed by atoms with van der Waals surface area (Å²) in [6.07, 6.45) is 0.704. The predicted octanol–water partition coefficient (Wildman–Crippen LogP) is 2.43. The van der Waals surface area contributed by atoms with Crippen molar-refractivity contribution in [3.8, 4) is 0 Å². The van der Waals surface area contributed by atoms with E-state index in [1.807, 2.05) is 6.07 Å². The molecule has 3 rings (SSSR count). The van der Waals surface area contributed by atoms with Crippen LogP contribution in [-0.4, -0.2) is 15.0 Å². The van der Waals surface area contributed by atoms with Crippen LogP contribution in [0.2, 0.25) is 5.02 Å². The molecule has 0 fully saturated rings. The summed E-state index contributed by atoms with van der Waals surface area (Å²) in [5.41, 5.74) is 1.85. The van der Waals surface area contributed by atoms with Crippen LogP contribution < -0.4 is 16.1 Å². The minimum Gasteiger partial charge on any atom is -0.423 e. The quantitative estimate of drug-likeness (QED) is 0.495. The lowest BCUT2D eigenvalue weighted by Crippen LogP contribution is -2.18. The Morgan fingerprint density at radius 3 is 2.50 bits per heavy atom. The fourth-order valence-electron chi connectivity index (χ4n) is 2.65. The van der Waals surface area contributed by atoms with Crippen molar-refractivity contribution in [3.63, 3.8) is 0 Å². The van der Waals surface area contributed by atoms with Gasteiger partial charge in [0.1, 0.15) is 5.58 Å². The molecule has 0 bridgehead atoms. The monoisotopic (exact) mass is 392 g/mol. The second-order valence-electron chi connectivity index (χ2n) is 5.85. The second kappa shape index (κ2) is 7.59. The van der Waals surface area contributed by atoms with E-state index in [1.165, 1.54) is 18.2 Å². The number of hydrogen-bond donors (Lipinski definition) is 2. The Bertz CT molecular complexity index is 1090. The lowest BCUT2D eigenvalue weighted by molar-refractivity contribution is 0.556. The molecular weight excluding hydrogens is 376 g/mol. The van der Waals surface area contributed by atoms with E-state index in [2.05, 4.69) is 5.32 Å². The molecule has 1 aromatic heterocycles. The number of fused-ring (bicyclic) bond motifs is 1. The normalized spacial score (nSPS) is 11.8. The van der Waals surface area contributed by atoms with Crippen LogP contribution in [0.25, 0.3) is 11.0 Å². The van der Waals surface area contributed by atoms with Crippen molar-refractivity contribution in [1.82, 2.24) is 5.32 Å². The van der Waals surface area contributed by atoms with Crippen LogP contribution in [0, 0.1) is 0 Å². The highest BCUT2D eigenvalue weighted by Crippen LogP contribution is 2.21. The van der Waals surface area contributed by atoms with Crippen LogP contribution in [0.1, 0.15) is 11.1 Å². The SMILES string of the molecule is NS(=O)(=O)c1ccc(CCNCc2cc(=O)oc3cc(Cl)ccc23)cc1. The number of benzene rings is 2. The van der Waals surface area contributed by atoms with Gasteiger partial charge in [0.15, 0.2) is 0 Å². The van der Waals surface area contributed by atoms with Gasteiger partial charge >= 0.3 is 5.63 Å². The van der Waals surface area contributed by atoms with Crippen LogP contribution in [0.4, 0.5) is 0 Å². The molecule has 2 aromatic carbocycles. The first-order valence-corrected chi connectivity index (χ1v) is 9.80. The third-order valence-corrected chi connectivity index (χ3v) is 5.11. The Hall–Kier alpha value is -2.19. The van der Waals surface area contributed by atoms with Gasteiger partial charge in [-0.1, -0.05) is 23.7 Å². The summed E-state index contributed by atoms with van der Waals surface area (Å²) in [6, 6.07) is 13.1. The molecule has 1 heterocycles. The summed E-state index contributed by atoms with van der Waals surface area (Å²) in [4.78, 5) is 11.8. The first-order chi connectivity index (χ1) is 12.3. The zero-order chi connectivity index (χ0) is 18.7. The third-order valence-electron chi connectivity index (χ3n) is 3.95. The molecule has 0 aliphatic heterocycles. The van der Waals surface area contributed by atoms with Crippen LogP contribution >= 0.6 is 11.6 Å². The second-order valence-corrected chi connectivity index (χ2v) is 7.84. The average molecular weight is 393 g/mol. The lowest BCUT2D eigenvalue weighted by atomic mass is 10.1. The van der Waals surface area contributed by atoms with Crippen molar-refractivity contribution >= 4 is 32.6 Å². The first-order valence-electron chi connectivity index (χ1n) is 7.88. The zero-order valence-corrected chi connectivity index (χ0v) is 15.3. The summed E-state index contributed by atoms with van der Waals surface area (Å²) < 4.78 is 27.7. The van der Waals surface area contributed by atoms with E-state index in [1.54, 1.807) is 24.3 Å². The van der Waals surface area contributed by atoms with Crippen molar-refractivity contribution in [2.75, 3.05) is 6.54 Å². The molecule has 3 N–H and O–H groups in total. The number of sulfonamides is 1. The van der Waals surface area contributed by atoms with Gasteiger partial charge in [-0.25, -0.2) is 18.4 Å². The molecule has 136 valence electrons. The van der Waals surface area contributed by atoms with E-state index in [4.69, 9.17) is 21.2 Å². The molecule has 0 aliphatic rings. The van der Waals surface area contributed by atoms with Crippen LogP contribution in [0.15, 0.2) is 62.6 Å². The molecule has 0 aliphatic carbocycles. The van der Waals surface area contributed by atoms with Gasteiger partial charge in [0.05, 0.1) is 4.90 Å². The van der Waals surface area contributed by atoms with Gasteiger partial charge in [-0.15, -0.1) is 0 Å². The molecule has 6 nitrogen and oxygen atoms in total. The van der Waals surface area contributed by atoms with Crippen molar-refractivity contribution in [2.24, 2.45) is 5.14 Å². The summed E-state index contributed by atoms with van der Waals surface area (Å²) >= 11 is 5.93. The van der Waals surface area contributed by atoms with Crippen LogP contribution in [0.5, 0.6) is 0 Å². The molecule has 8 heteroatoms. The molecule has 0 amide bonds. The number of nitrogens with two attached hydrogens (primary N) is 1. The van der Waals surface area contributed by atoms with E-state index in [0.29, 0.717) is 30.1 Å². The molecular formula is C18H17ClN2O4S. The van der Waals surface area contributed by atoms with Gasteiger partial charge < -0.3 is 9.73 Å². The molecule has 0 spiro atoms. The van der Waals surface area contributed by atoms with Crippen molar-refractivity contribution < 1.29 is 12.8 Å². The van der Waals surface area contributed by atoms with E-state index in [0.717, 1.165) is 16.5 Å². The Labute approximate surface area is 155 Å². The predicted molar refractivity (Wildman–Crippen MR) is 101 cm³/mol. The smallest absolute Gasteiger partial charge is 0.336 e. The fourth-order valence-corrected chi connectivity index (χ4v) is 3.33. The van der Waals surface area contributed by atoms with E-state index < -0.39 is 15.6 Å². The summed E-state index contributed by atoms with van der Waals surface area (Å²) in [5, 5.41) is 9.69. The van der Waals surface area contributed by atoms with Crippen LogP contribution in [0.3, 0.4) is 0 Å². The van der Waals surface area contributed by atoms with Crippen molar-refractivity contribution in [2.45, 2.75) is 17.9 Å². The maximum Gasteiger partial charge on any atom is 0.336 e. The zero-order valence-electron chi connectivity index (χ0n) is 13.7. The lowest BCUT2D eigenvalue weighted by Gasteiger charge is -2.08.